The smallest absolute Gasteiger partial charge is 0.308 e. The fraction of sp³-hybridized carbons (Fsp3) is 0.429. The highest BCUT2D eigenvalue weighted by Crippen LogP contribution is 2.33. The molecular weight excluding hydrogens is 447 g/mol. The molecule has 1 fully saturated rings. The Labute approximate surface area is 205 Å². The highest BCUT2D eigenvalue weighted by atomic mass is 19.1. The number of hydrogen-bond acceptors (Lipinski definition) is 5. The normalized spacial score (nSPS) is 19.5. The van der Waals surface area contributed by atoms with Crippen LogP contribution in [0, 0.1) is 17.7 Å². The molecule has 0 spiro atoms. The zero-order valence-electron chi connectivity index (χ0n) is 20.1. The Morgan fingerprint density at radius 3 is 2.89 bits per heavy atom. The van der Waals surface area contributed by atoms with Gasteiger partial charge in [-0.15, -0.1) is 0 Å². The van der Waals surface area contributed by atoms with Gasteiger partial charge in [0, 0.05) is 18.1 Å². The van der Waals surface area contributed by atoms with E-state index in [1.807, 2.05) is 30.3 Å². The predicted molar refractivity (Wildman–Crippen MR) is 133 cm³/mol. The Morgan fingerprint density at radius 1 is 1.26 bits per heavy atom. The first-order chi connectivity index (χ1) is 16.9. The Hall–Kier alpha value is -3.03. The fourth-order valence-corrected chi connectivity index (χ4v) is 5.19. The number of aliphatic carboxylic acids is 1. The molecule has 3 aromatic rings. The van der Waals surface area contributed by atoms with E-state index in [0.29, 0.717) is 25.1 Å². The number of nitrogens with zero attached hydrogens (tertiary/aromatic N) is 2. The average Bonchev–Trinajstić information content (AvgIpc) is 2.87. The van der Waals surface area contributed by atoms with Crippen molar-refractivity contribution in [3.63, 3.8) is 0 Å². The molecule has 7 heteroatoms. The Kier molecular flexibility index (Phi) is 8.31. The van der Waals surface area contributed by atoms with Crippen LogP contribution in [0.4, 0.5) is 4.39 Å². The molecule has 2 N–H and O–H groups in total. The van der Waals surface area contributed by atoms with Crippen LogP contribution >= 0.6 is 0 Å². The van der Waals surface area contributed by atoms with Gasteiger partial charge in [-0.2, -0.15) is 0 Å². The van der Waals surface area contributed by atoms with E-state index in [1.54, 1.807) is 25.4 Å². The zero-order chi connectivity index (χ0) is 24.8. The number of benzene rings is 2. The number of carboxylic acid groups (broad SMARTS) is 1. The molecule has 4 rings (SSSR count). The van der Waals surface area contributed by atoms with Crippen molar-refractivity contribution in [2.45, 2.75) is 38.2 Å². The third-order valence-corrected chi connectivity index (χ3v) is 7.14. The summed E-state index contributed by atoms with van der Waals surface area (Å²) in [5, 5.41) is 21.7. The number of fused-ring (bicyclic) bond motifs is 1. The maximum atomic E-state index is 13.4. The lowest BCUT2D eigenvalue weighted by atomic mass is 9.81. The monoisotopic (exact) mass is 480 g/mol. The lowest BCUT2D eigenvalue weighted by molar-refractivity contribution is -0.146. The average molecular weight is 481 g/mol. The van der Waals surface area contributed by atoms with E-state index in [2.05, 4.69) is 9.88 Å². The number of aromatic nitrogens is 1. The largest absolute Gasteiger partial charge is 0.497 e. The standard InChI is InChI=1S/C28H33FN2O4/c1-35-22-8-9-26-24(17-22)23(11-13-30-26)27(32)10-7-20-12-15-31(18-25(20)28(33)34)14-3-5-19-4-2-6-21(29)16-19/h2,4,6,8-9,11,13,16-17,20,25,27,32H,3,5,7,10,12,14-15,18H2,1H3,(H,33,34)/t20-,25+,27+/m1/s1. The molecule has 0 bridgehead atoms. The van der Waals surface area contributed by atoms with E-state index < -0.39 is 18.0 Å². The second-order valence-electron chi connectivity index (χ2n) is 9.40. The van der Waals surface area contributed by atoms with Crippen LogP contribution < -0.4 is 4.74 Å². The summed E-state index contributed by atoms with van der Waals surface area (Å²) in [5.74, 6) is -0.743. The first kappa shape index (κ1) is 25.1. The van der Waals surface area contributed by atoms with Gasteiger partial charge in [0.1, 0.15) is 11.6 Å². The van der Waals surface area contributed by atoms with Crippen LogP contribution in [-0.2, 0) is 11.2 Å². The molecule has 0 aliphatic carbocycles. The first-order valence-electron chi connectivity index (χ1n) is 12.2. The van der Waals surface area contributed by atoms with E-state index in [4.69, 9.17) is 4.74 Å². The number of rotatable bonds is 10. The molecule has 0 radical (unpaired) electrons. The number of hydrogen-bond donors (Lipinski definition) is 2. The quantitative estimate of drug-likeness (QED) is 0.432. The lowest BCUT2D eigenvalue weighted by Crippen LogP contribution is -2.44. The minimum absolute atomic E-state index is 0.0178. The summed E-state index contributed by atoms with van der Waals surface area (Å²) in [6.45, 7) is 2.14. The van der Waals surface area contributed by atoms with Gasteiger partial charge >= 0.3 is 5.97 Å². The van der Waals surface area contributed by atoms with Gasteiger partial charge in [0.2, 0.25) is 0 Å². The maximum Gasteiger partial charge on any atom is 0.308 e. The SMILES string of the molecule is COc1ccc2nccc([C@@H](O)CC[C@@H]3CCN(CCCc4cccc(F)c4)C[C@@H]3C(=O)O)c2c1. The molecule has 0 saturated carbocycles. The summed E-state index contributed by atoms with van der Waals surface area (Å²) < 4.78 is 18.7. The van der Waals surface area contributed by atoms with Gasteiger partial charge in [-0.05, 0) is 98.6 Å². The molecule has 186 valence electrons. The number of pyridine rings is 1. The molecule has 2 heterocycles. The molecule has 1 aliphatic rings. The number of methoxy groups -OCH3 is 1. The number of aliphatic hydroxyl groups excluding tert-OH is 1. The van der Waals surface area contributed by atoms with E-state index in [1.165, 1.54) is 6.07 Å². The second kappa shape index (κ2) is 11.6. The summed E-state index contributed by atoms with van der Waals surface area (Å²) >= 11 is 0. The van der Waals surface area contributed by atoms with Gasteiger partial charge in [0.25, 0.3) is 0 Å². The van der Waals surface area contributed by atoms with Gasteiger partial charge < -0.3 is 19.8 Å². The Morgan fingerprint density at radius 2 is 2.11 bits per heavy atom. The fourth-order valence-electron chi connectivity index (χ4n) is 5.19. The molecule has 0 amide bonds. The minimum Gasteiger partial charge on any atom is -0.497 e. The van der Waals surface area contributed by atoms with E-state index >= 15 is 0 Å². The van der Waals surface area contributed by atoms with Crippen LogP contribution in [0.5, 0.6) is 5.75 Å². The van der Waals surface area contributed by atoms with Gasteiger partial charge in [-0.3, -0.25) is 9.78 Å². The molecule has 2 aromatic carbocycles. The summed E-state index contributed by atoms with van der Waals surface area (Å²) in [7, 11) is 1.60. The Bertz CT molecular complexity index is 1150. The Balaban J connectivity index is 1.33. The number of likely N-dealkylation sites (tertiary alicyclic amines) is 1. The van der Waals surface area contributed by atoms with Crippen LogP contribution in [0.25, 0.3) is 10.9 Å². The summed E-state index contributed by atoms with van der Waals surface area (Å²) in [6, 6.07) is 14.0. The van der Waals surface area contributed by atoms with Crippen molar-refractivity contribution in [1.82, 2.24) is 9.88 Å². The zero-order valence-corrected chi connectivity index (χ0v) is 20.1. The van der Waals surface area contributed by atoms with Crippen molar-refractivity contribution in [2.75, 3.05) is 26.7 Å². The molecule has 6 nitrogen and oxygen atoms in total. The lowest BCUT2D eigenvalue weighted by Gasteiger charge is -2.37. The van der Waals surface area contributed by atoms with Crippen molar-refractivity contribution in [1.29, 1.82) is 0 Å². The summed E-state index contributed by atoms with van der Waals surface area (Å²) in [4.78, 5) is 18.6. The van der Waals surface area contributed by atoms with Crippen LogP contribution in [0.2, 0.25) is 0 Å². The number of piperidine rings is 1. The highest BCUT2D eigenvalue weighted by Gasteiger charge is 2.34. The number of halogens is 1. The number of ether oxygens (including phenoxy) is 1. The van der Waals surface area contributed by atoms with Gasteiger partial charge in [0.05, 0.1) is 24.6 Å². The predicted octanol–water partition coefficient (Wildman–Crippen LogP) is 4.85. The van der Waals surface area contributed by atoms with Crippen LogP contribution in [-0.4, -0.2) is 52.8 Å². The molecule has 1 saturated heterocycles. The molecule has 35 heavy (non-hydrogen) atoms. The van der Waals surface area contributed by atoms with Crippen molar-refractivity contribution in [2.24, 2.45) is 11.8 Å². The van der Waals surface area contributed by atoms with Gasteiger partial charge in [-0.25, -0.2) is 4.39 Å². The highest BCUT2D eigenvalue weighted by molar-refractivity contribution is 5.83. The van der Waals surface area contributed by atoms with Crippen LogP contribution in [0.3, 0.4) is 0 Å². The number of aryl methyl sites for hydroxylation is 1. The third-order valence-electron chi connectivity index (χ3n) is 7.14. The molecule has 0 unspecified atom stereocenters. The maximum absolute atomic E-state index is 13.4. The van der Waals surface area contributed by atoms with Gasteiger partial charge in [0.15, 0.2) is 0 Å². The van der Waals surface area contributed by atoms with Crippen LogP contribution in [0.15, 0.2) is 54.7 Å². The molecular formula is C28H33FN2O4. The second-order valence-corrected chi connectivity index (χ2v) is 9.40. The van der Waals surface area contributed by atoms with Crippen LogP contribution in [0.1, 0.15) is 42.9 Å². The molecule has 1 aromatic heterocycles. The van der Waals surface area contributed by atoms with E-state index in [0.717, 1.165) is 54.4 Å². The van der Waals surface area contributed by atoms with Crippen molar-refractivity contribution >= 4 is 16.9 Å². The molecule has 3 atom stereocenters. The van der Waals surface area contributed by atoms with Crippen molar-refractivity contribution in [3.8, 4) is 5.75 Å². The summed E-state index contributed by atoms with van der Waals surface area (Å²) in [6.07, 6.45) is 4.54. The number of aliphatic hydroxyl groups is 1. The first-order valence-corrected chi connectivity index (χ1v) is 12.2. The molecule has 1 aliphatic heterocycles. The topological polar surface area (TPSA) is 82.9 Å². The number of carbonyl (C=O) groups is 1. The third kappa shape index (κ3) is 6.35. The van der Waals surface area contributed by atoms with E-state index in [9.17, 15) is 19.4 Å². The van der Waals surface area contributed by atoms with Gasteiger partial charge in [-0.1, -0.05) is 12.1 Å². The minimum atomic E-state index is -0.779. The van der Waals surface area contributed by atoms with E-state index in [-0.39, 0.29) is 11.7 Å². The summed E-state index contributed by atoms with van der Waals surface area (Å²) in [5.41, 5.74) is 2.54. The number of carboxylic acids is 1. The van der Waals surface area contributed by atoms with Crippen molar-refractivity contribution < 1.29 is 24.1 Å². The van der Waals surface area contributed by atoms with Crippen molar-refractivity contribution in [3.05, 3.63) is 71.7 Å².